The number of hydrogen-bond acceptors (Lipinski definition) is 8. The van der Waals surface area contributed by atoms with E-state index >= 15 is 0 Å². The summed E-state index contributed by atoms with van der Waals surface area (Å²) in [6.07, 6.45) is 3.97. The van der Waals surface area contributed by atoms with Gasteiger partial charge in [-0.15, -0.1) is 0 Å². The van der Waals surface area contributed by atoms with E-state index in [-0.39, 0.29) is 5.97 Å². The van der Waals surface area contributed by atoms with E-state index in [1.807, 2.05) is 48.3 Å². The van der Waals surface area contributed by atoms with Crippen molar-refractivity contribution in [3.63, 3.8) is 0 Å². The number of esters is 1. The Balaban J connectivity index is 1.15. The van der Waals surface area contributed by atoms with Gasteiger partial charge in [-0.3, -0.25) is 14.7 Å². The molecule has 3 aromatic carbocycles. The zero-order valence-corrected chi connectivity index (χ0v) is 21.6. The summed E-state index contributed by atoms with van der Waals surface area (Å²) < 4.78 is 10.7. The summed E-state index contributed by atoms with van der Waals surface area (Å²) in [7, 11) is 1.99. The van der Waals surface area contributed by atoms with Gasteiger partial charge in [0, 0.05) is 37.9 Å². The van der Waals surface area contributed by atoms with E-state index in [4.69, 9.17) is 15.2 Å². The molecule has 196 valence electrons. The molecule has 0 bridgehead atoms. The molecule has 0 saturated carbocycles. The minimum atomic E-state index is -0.699. The summed E-state index contributed by atoms with van der Waals surface area (Å²) in [5.74, 6) is 0.387. The first-order chi connectivity index (χ1) is 18.6. The van der Waals surface area contributed by atoms with Crippen LogP contribution in [0.1, 0.15) is 5.56 Å². The number of hydrogen-bond donors (Lipinski definition) is 1. The van der Waals surface area contributed by atoms with Crippen molar-refractivity contribution in [1.82, 2.24) is 14.9 Å². The van der Waals surface area contributed by atoms with E-state index in [1.165, 1.54) is 10.8 Å². The molecule has 1 aliphatic rings. The highest BCUT2D eigenvalue weighted by Crippen LogP contribution is 2.26. The maximum atomic E-state index is 12.3. The fraction of sp³-hybridized carbons (Fsp3) is 0.300. The van der Waals surface area contributed by atoms with Crippen LogP contribution in [0.2, 0.25) is 0 Å². The zero-order chi connectivity index (χ0) is 26.3. The Kier molecular flexibility index (Phi) is 8.23. The lowest BCUT2D eigenvalue weighted by molar-refractivity contribution is -0.145. The molecule has 0 unspecified atom stereocenters. The van der Waals surface area contributed by atoms with Crippen LogP contribution in [-0.2, 0) is 20.7 Å². The van der Waals surface area contributed by atoms with Crippen molar-refractivity contribution in [2.24, 2.45) is 5.73 Å². The number of carbonyl (C=O) groups is 1. The predicted molar refractivity (Wildman–Crippen MR) is 149 cm³/mol. The molecule has 2 N–H and O–H groups in total. The lowest BCUT2D eigenvalue weighted by Gasteiger charge is -2.26. The molecule has 0 spiro atoms. The van der Waals surface area contributed by atoms with Crippen LogP contribution in [0.3, 0.4) is 0 Å². The molecule has 1 atom stereocenters. The summed E-state index contributed by atoms with van der Waals surface area (Å²) in [6, 6.07) is 21.8. The van der Waals surface area contributed by atoms with E-state index in [9.17, 15) is 4.79 Å². The van der Waals surface area contributed by atoms with Crippen molar-refractivity contribution in [1.29, 1.82) is 0 Å². The predicted octanol–water partition coefficient (Wildman–Crippen LogP) is 3.81. The molecule has 0 aliphatic carbocycles. The average Bonchev–Trinajstić information content (AvgIpc) is 2.97. The Morgan fingerprint density at radius 3 is 2.53 bits per heavy atom. The van der Waals surface area contributed by atoms with E-state index < -0.39 is 6.04 Å². The Labute approximate surface area is 223 Å². The van der Waals surface area contributed by atoms with Gasteiger partial charge < -0.3 is 20.1 Å². The molecule has 8 heteroatoms. The van der Waals surface area contributed by atoms with Crippen LogP contribution in [0.5, 0.6) is 0 Å². The number of benzene rings is 3. The minimum Gasteiger partial charge on any atom is -0.463 e. The molecule has 1 fully saturated rings. The highest BCUT2D eigenvalue weighted by Gasteiger charge is 2.17. The van der Waals surface area contributed by atoms with Crippen LogP contribution in [-0.4, -0.2) is 73.4 Å². The van der Waals surface area contributed by atoms with Gasteiger partial charge in [-0.25, -0.2) is 4.98 Å². The number of anilines is 2. The van der Waals surface area contributed by atoms with Crippen molar-refractivity contribution in [3.05, 3.63) is 84.7 Å². The fourth-order valence-electron chi connectivity index (χ4n) is 4.52. The lowest BCUT2D eigenvalue weighted by atomic mass is 10.0. The van der Waals surface area contributed by atoms with Gasteiger partial charge in [0.2, 0.25) is 0 Å². The number of morpholine rings is 1. The number of ether oxygens (including phenoxy) is 2. The third kappa shape index (κ3) is 6.34. The summed E-state index contributed by atoms with van der Waals surface area (Å²) in [4.78, 5) is 25.8. The number of nitrogens with two attached hydrogens (primary N) is 1. The number of fused-ring (bicyclic) bond motifs is 1. The van der Waals surface area contributed by atoms with Crippen molar-refractivity contribution in [2.75, 3.05) is 51.4 Å². The van der Waals surface area contributed by atoms with Crippen molar-refractivity contribution in [3.8, 4) is 11.3 Å². The standard InChI is InChI=1S/C30H33N5O3/c1-34(26-11-10-23-4-2-3-5-25(23)19-26)29-21-32-28(20-33-29)24-8-6-22(7-9-24)18-27(31)30(36)38-17-14-35-12-15-37-16-13-35/h2-11,19-21,27H,12-18,31H2,1H3/t27-/m0/s1. The van der Waals surface area contributed by atoms with Crippen LogP contribution in [0, 0.1) is 0 Å². The van der Waals surface area contributed by atoms with E-state index in [2.05, 4.69) is 45.2 Å². The topological polar surface area (TPSA) is 93.8 Å². The molecular weight excluding hydrogens is 478 g/mol. The van der Waals surface area contributed by atoms with E-state index in [0.29, 0.717) is 19.6 Å². The largest absolute Gasteiger partial charge is 0.463 e. The van der Waals surface area contributed by atoms with Crippen molar-refractivity contribution in [2.45, 2.75) is 12.5 Å². The number of carbonyl (C=O) groups excluding carboxylic acids is 1. The van der Waals surface area contributed by atoms with Crippen LogP contribution in [0.25, 0.3) is 22.0 Å². The second-order valence-electron chi connectivity index (χ2n) is 9.48. The quantitative estimate of drug-likeness (QED) is 0.339. The first-order valence-electron chi connectivity index (χ1n) is 12.9. The Hall–Kier alpha value is -3.85. The lowest BCUT2D eigenvalue weighted by Crippen LogP contribution is -2.40. The van der Waals surface area contributed by atoms with E-state index in [1.54, 1.807) is 12.4 Å². The van der Waals surface area contributed by atoms with E-state index in [0.717, 1.165) is 54.6 Å². The van der Waals surface area contributed by atoms with Gasteiger partial charge in [0.1, 0.15) is 12.6 Å². The van der Waals surface area contributed by atoms with Gasteiger partial charge in [0.25, 0.3) is 0 Å². The molecule has 1 aromatic heterocycles. The average molecular weight is 512 g/mol. The van der Waals surface area contributed by atoms with Crippen LogP contribution >= 0.6 is 0 Å². The third-order valence-electron chi connectivity index (χ3n) is 6.87. The highest BCUT2D eigenvalue weighted by molar-refractivity contribution is 5.86. The van der Waals surface area contributed by atoms with Gasteiger partial charge in [-0.05, 0) is 34.9 Å². The Bertz CT molecular complexity index is 1350. The maximum Gasteiger partial charge on any atom is 0.323 e. The first kappa shape index (κ1) is 25.8. The summed E-state index contributed by atoms with van der Waals surface area (Å²) in [5, 5.41) is 2.39. The monoisotopic (exact) mass is 511 g/mol. The number of aromatic nitrogens is 2. The molecule has 4 aromatic rings. The molecule has 0 radical (unpaired) electrons. The Morgan fingerprint density at radius 1 is 1.03 bits per heavy atom. The minimum absolute atomic E-state index is 0.343. The molecule has 5 rings (SSSR count). The van der Waals surface area contributed by atoms with Gasteiger partial charge >= 0.3 is 5.97 Å². The van der Waals surface area contributed by atoms with Crippen LogP contribution in [0.4, 0.5) is 11.5 Å². The fourth-order valence-corrected chi connectivity index (χ4v) is 4.52. The molecule has 1 aliphatic heterocycles. The second kappa shape index (κ2) is 12.1. The number of rotatable bonds is 9. The molecule has 8 nitrogen and oxygen atoms in total. The van der Waals surface area contributed by atoms with Crippen LogP contribution in [0.15, 0.2) is 79.1 Å². The van der Waals surface area contributed by atoms with Gasteiger partial charge in [-0.2, -0.15) is 0 Å². The summed E-state index contributed by atoms with van der Waals surface area (Å²) in [5.41, 5.74) is 9.84. The maximum absolute atomic E-state index is 12.3. The van der Waals surface area contributed by atoms with Gasteiger partial charge in [0.15, 0.2) is 5.82 Å². The molecule has 2 heterocycles. The zero-order valence-electron chi connectivity index (χ0n) is 21.6. The summed E-state index contributed by atoms with van der Waals surface area (Å²) >= 11 is 0. The number of nitrogens with zero attached hydrogens (tertiary/aromatic N) is 4. The third-order valence-corrected chi connectivity index (χ3v) is 6.87. The normalized spacial score (nSPS) is 14.8. The smallest absolute Gasteiger partial charge is 0.323 e. The molecule has 38 heavy (non-hydrogen) atoms. The molecular formula is C30H33N5O3. The van der Waals surface area contributed by atoms with Crippen molar-refractivity contribution >= 4 is 28.2 Å². The van der Waals surface area contributed by atoms with Gasteiger partial charge in [-0.1, -0.05) is 54.6 Å². The summed E-state index contributed by atoms with van der Waals surface area (Å²) in [6.45, 7) is 4.22. The van der Waals surface area contributed by atoms with Crippen molar-refractivity contribution < 1.29 is 14.3 Å². The van der Waals surface area contributed by atoms with Gasteiger partial charge in [0.05, 0.1) is 31.3 Å². The first-order valence-corrected chi connectivity index (χ1v) is 12.9. The molecule has 1 saturated heterocycles. The second-order valence-corrected chi connectivity index (χ2v) is 9.48. The van der Waals surface area contributed by atoms with Crippen LogP contribution < -0.4 is 10.6 Å². The highest BCUT2D eigenvalue weighted by atomic mass is 16.5. The SMILES string of the molecule is CN(c1ccc2ccccc2c1)c1cnc(-c2ccc(C[C@H](N)C(=O)OCCN3CCOCC3)cc2)cn1. The molecule has 0 amide bonds. The Morgan fingerprint density at radius 2 is 1.79 bits per heavy atom.